The van der Waals surface area contributed by atoms with E-state index in [2.05, 4.69) is 10.3 Å². The standard InChI is InChI=1S/C23H26N4O4/c1-13-6-9-15(12-19(13)31-2)25-22(29)14-7-10-16(11-8-14)27-18-5-3-4-17(21(24)28)20(18)26-23(27)30/h3-6,9,12,14,16H,7-8,10-11H2,1-2H3,(H2,24,28)(H,25,29)(H,26,30). The molecule has 8 nitrogen and oxygen atoms in total. The van der Waals surface area contributed by atoms with E-state index in [-0.39, 0.29) is 23.6 Å². The number of ether oxygens (including phenoxy) is 1. The summed E-state index contributed by atoms with van der Waals surface area (Å²) in [5.41, 5.74) is 8.32. The molecule has 162 valence electrons. The molecule has 1 aliphatic carbocycles. The average Bonchev–Trinajstić information content (AvgIpc) is 3.10. The summed E-state index contributed by atoms with van der Waals surface area (Å²) in [5.74, 6) is 0.0138. The number of nitrogens with one attached hydrogen (secondary N) is 2. The van der Waals surface area contributed by atoms with Gasteiger partial charge in [-0.05, 0) is 56.4 Å². The van der Waals surface area contributed by atoms with Gasteiger partial charge in [-0.3, -0.25) is 14.2 Å². The molecule has 8 heteroatoms. The summed E-state index contributed by atoms with van der Waals surface area (Å²) in [6.45, 7) is 1.95. The van der Waals surface area contributed by atoms with E-state index in [0.29, 0.717) is 48.0 Å². The number of anilines is 1. The van der Waals surface area contributed by atoms with Crippen LogP contribution in [0.25, 0.3) is 11.0 Å². The normalized spacial score (nSPS) is 18.6. The molecule has 0 saturated heterocycles. The number of para-hydroxylation sites is 1. The highest BCUT2D eigenvalue weighted by atomic mass is 16.5. The van der Waals surface area contributed by atoms with Crippen LogP contribution in [0.1, 0.15) is 47.6 Å². The maximum atomic E-state index is 12.8. The summed E-state index contributed by atoms with van der Waals surface area (Å²) >= 11 is 0. The van der Waals surface area contributed by atoms with Crippen molar-refractivity contribution in [2.24, 2.45) is 11.7 Å². The third kappa shape index (κ3) is 3.93. The highest BCUT2D eigenvalue weighted by Gasteiger charge is 2.29. The minimum absolute atomic E-state index is 0.0216. The second-order valence-corrected chi connectivity index (χ2v) is 8.04. The Kier molecular flexibility index (Phi) is 5.54. The number of hydrogen-bond donors (Lipinski definition) is 3. The van der Waals surface area contributed by atoms with Crippen molar-refractivity contribution in [3.05, 3.63) is 58.0 Å². The van der Waals surface area contributed by atoms with E-state index in [0.717, 1.165) is 11.3 Å². The fraction of sp³-hybridized carbons (Fsp3) is 0.348. The summed E-state index contributed by atoms with van der Waals surface area (Å²) in [6.07, 6.45) is 2.74. The van der Waals surface area contributed by atoms with Crippen molar-refractivity contribution >= 4 is 28.5 Å². The molecule has 0 atom stereocenters. The van der Waals surface area contributed by atoms with E-state index in [1.807, 2.05) is 31.2 Å². The summed E-state index contributed by atoms with van der Waals surface area (Å²) in [5, 5.41) is 2.98. The molecule has 0 radical (unpaired) electrons. The zero-order chi connectivity index (χ0) is 22.1. The SMILES string of the molecule is COc1cc(NC(=O)C2CCC(n3c(=O)[nH]c4c(C(N)=O)cccc43)CC2)ccc1C. The number of imidazole rings is 1. The van der Waals surface area contributed by atoms with Gasteiger partial charge in [-0.2, -0.15) is 0 Å². The molecule has 2 amide bonds. The molecule has 1 aliphatic rings. The van der Waals surface area contributed by atoms with Gasteiger partial charge in [0.15, 0.2) is 0 Å². The fourth-order valence-electron chi connectivity index (χ4n) is 4.45. The van der Waals surface area contributed by atoms with Gasteiger partial charge in [0, 0.05) is 23.7 Å². The van der Waals surface area contributed by atoms with Crippen LogP contribution in [0.5, 0.6) is 5.75 Å². The van der Waals surface area contributed by atoms with Crippen molar-refractivity contribution in [3.63, 3.8) is 0 Å². The van der Waals surface area contributed by atoms with Gasteiger partial charge in [-0.25, -0.2) is 4.79 Å². The molecule has 0 spiro atoms. The topological polar surface area (TPSA) is 119 Å². The first kappa shape index (κ1) is 20.7. The second kappa shape index (κ2) is 8.29. The van der Waals surface area contributed by atoms with Crippen molar-refractivity contribution in [2.75, 3.05) is 12.4 Å². The molecule has 4 N–H and O–H groups in total. The van der Waals surface area contributed by atoms with Crippen molar-refractivity contribution < 1.29 is 14.3 Å². The molecule has 31 heavy (non-hydrogen) atoms. The third-order valence-electron chi connectivity index (χ3n) is 6.13. The molecule has 2 aromatic carbocycles. The van der Waals surface area contributed by atoms with Crippen LogP contribution in [0.3, 0.4) is 0 Å². The smallest absolute Gasteiger partial charge is 0.326 e. The van der Waals surface area contributed by atoms with Gasteiger partial charge in [0.05, 0.1) is 23.7 Å². The predicted molar refractivity (Wildman–Crippen MR) is 118 cm³/mol. The number of primary amides is 1. The molecule has 4 rings (SSSR count). The minimum atomic E-state index is -0.577. The van der Waals surface area contributed by atoms with Crippen LogP contribution >= 0.6 is 0 Å². The molecule has 0 aliphatic heterocycles. The van der Waals surface area contributed by atoms with Gasteiger partial charge in [0.1, 0.15) is 5.75 Å². The Labute approximate surface area is 179 Å². The molecule has 1 heterocycles. The Balaban J connectivity index is 1.47. The van der Waals surface area contributed by atoms with Crippen LogP contribution in [0.4, 0.5) is 5.69 Å². The van der Waals surface area contributed by atoms with E-state index < -0.39 is 5.91 Å². The van der Waals surface area contributed by atoms with Crippen molar-refractivity contribution in [2.45, 2.75) is 38.6 Å². The number of methoxy groups -OCH3 is 1. The van der Waals surface area contributed by atoms with Crippen LogP contribution in [-0.2, 0) is 4.79 Å². The number of rotatable bonds is 5. The van der Waals surface area contributed by atoms with Gasteiger partial charge in [0.25, 0.3) is 5.91 Å². The average molecular weight is 422 g/mol. The number of nitrogens with two attached hydrogens (primary N) is 1. The molecular weight excluding hydrogens is 396 g/mol. The summed E-state index contributed by atoms with van der Waals surface area (Å²) in [7, 11) is 1.61. The van der Waals surface area contributed by atoms with E-state index in [4.69, 9.17) is 10.5 Å². The molecule has 3 aromatic rings. The summed E-state index contributed by atoms with van der Waals surface area (Å²) in [4.78, 5) is 39.8. The molecular formula is C23H26N4O4. The van der Waals surface area contributed by atoms with Gasteiger partial charge >= 0.3 is 5.69 Å². The predicted octanol–water partition coefficient (Wildman–Crippen LogP) is 3.12. The lowest BCUT2D eigenvalue weighted by atomic mass is 9.85. The number of aryl methyl sites for hydroxylation is 1. The number of amides is 2. The molecule has 1 fully saturated rings. The van der Waals surface area contributed by atoms with Gasteiger partial charge in [0.2, 0.25) is 5.91 Å². The van der Waals surface area contributed by atoms with Crippen LogP contribution in [0.2, 0.25) is 0 Å². The Morgan fingerprint density at radius 3 is 2.58 bits per heavy atom. The molecule has 0 unspecified atom stereocenters. The number of fused-ring (bicyclic) bond motifs is 1. The van der Waals surface area contributed by atoms with Crippen LogP contribution in [0.15, 0.2) is 41.2 Å². The summed E-state index contributed by atoms with van der Waals surface area (Å²) < 4.78 is 7.02. The Morgan fingerprint density at radius 2 is 1.90 bits per heavy atom. The van der Waals surface area contributed by atoms with E-state index in [9.17, 15) is 14.4 Å². The zero-order valence-electron chi connectivity index (χ0n) is 17.6. The first-order chi connectivity index (χ1) is 14.9. The Hall–Kier alpha value is -3.55. The maximum absolute atomic E-state index is 12.8. The molecule has 1 aromatic heterocycles. The van der Waals surface area contributed by atoms with Crippen LogP contribution < -0.4 is 21.5 Å². The highest BCUT2D eigenvalue weighted by Crippen LogP contribution is 2.34. The number of nitrogens with zero attached hydrogens (tertiary/aromatic N) is 1. The maximum Gasteiger partial charge on any atom is 0.326 e. The first-order valence-electron chi connectivity index (χ1n) is 10.4. The number of carbonyl (C=O) groups excluding carboxylic acids is 2. The van der Waals surface area contributed by atoms with Crippen LogP contribution in [0, 0.1) is 12.8 Å². The van der Waals surface area contributed by atoms with Crippen molar-refractivity contribution in [1.82, 2.24) is 9.55 Å². The largest absolute Gasteiger partial charge is 0.496 e. The van der Waals surface area contributed by atoms with E-state index >= 15 is 0 Å². The fourth-order valence-corrected chi connectivity index (χ4v) is 4.45. The third-order valence-corrected chi connectivity index (χ3v) is 6.13. The molecule has 1 saturated carbocycles. The monoisotopic (exact) mass is 422 g/mol. The van der Waals surface area contributed by atoms with E-state index in [1.54, 1.807) is 23.8 Å². The number of aromatic nitrogens is 2. The number of benzene rings is 2. The van der Waals surface area contributed by atoms with Crippen LogP contribution in [-0.4, -0.2) is 28.5 Å². The van der Waals surface area contributed by atoms with Crippen molar-refractivity contribution in [1.29, 1.82) is 0 Å². The zero-order valence-corrected chi connectivity index (χ0v) is 17.6. The number of aromatic amines is 1. The number of hydrogen-bond acceptors (Lipinski definition) is 4. The minimum Gasteiger partial charge on any atom is -0.496 e. The lowest BCUT2D eigenvalue weighted by molar-refractivity contribution is -0.121. The Morgan fingerprint density at radius 1 is 1.16 bits per heavy atom. The first-order valence-corrected chi connectivity index (χ1v) is 10.4. The van der Waals surface area contributed by atoms with Gasteiger partial charge < -0.3 is 20.8 Å². The molecule has 0 bridgehead atoms. The van der Waals surface area contributed by atoms with Crippen molar-refractivity contribution in [3.8, 4) is 5.75 Å². The summed E-state index contributed by atoms with van der Waals surface area (Å²) in [6, 6.07) is 10.7. The number of H-pyrrole nitrogens is 1. The Bertz CT molecular complexity index is 1200. The second-order valence-electron chi connectivity index (χ2n) is 8.04. The van der Waals surface area contributed by atoms with Gasteiger partial charge in [-0.15, -0.1) is 0 Å². The lowest BCUT2D eigenvalue weighted by Gasteiger charge is -2.28. The number of carbonyl (C=O) groups is 2. The quantitative estimate of drug-likeness (QED) is 0.585. The van der Waals surface area contributed by atoms with E-state index in [1.165, 1.54) is 0 Å². The van der Waals surface area contributed by atoms with Gasteiger partial charge in [-0.1, -0.05) is 12.1 Å². The lowest BCUT2D eigenvalue weighted by Crippen LogP contribution is -2.31. The highest BCUT2D eigenvalue weighted by molar-refractivity contribution is 6.04.